The Balaban J connectivity index is 1.49. The minimum Gasteiger partial charge on any atom is -0.322 e. The van der Waals surface area contributed by atoms with Crippen molar-refractivity contribution in [2.24, 2.45) is 0 Å². The first-order valence-corrected chi connectivity index (χ1v) is 8.70. The maximum absolute atomic E-state index is 12.6. The number of hydrogen-bond donors (Lipinski definition) is 1. The van der Waals surface area contributed by atoms with Crippen LogP contribution >= 0.6 is 0 Å². The number of nitrogens with zero attached hydrogens (tertiary/aromatic N) is 3. The van der Waals surface area contributed by atoms with Gasteiger partial charge in [0.15, 0.2) is 0 Å². The van der Waals surface area contributed by atoms with Gasteiger partial charge in [-0.25, -0.2) is 4.98 Å². The number of benzene rings is 1. The number of fused-ring (bicyclic) bond motifs is 1. The number of nitrogens with one attached hydrogen (secondary N) is 1. The normalized spacial score (nSPS) is 11.6. The van der Waals surface area contributed by atoms with Crippen molar-refractivity contribution in [2.75, 3.05) is 5.32 Å². The third-order valence-corrected chi connectivity index (χ3v) is 4.37. The molecule has 1 aromatic carbocycles. The number of pyridine rings is 2. The molecule has 146 valence electrons. The van der Waals surface area contributed by atoms with E-state index in [1.54, 1.807) is 12.1 Å². The third-order valence-electron chi connectivity index (χ3n) is 4.37. The van der Waals surface area contributed by atoms with Gasteiger partial charge in [-0.15, -0.1) is 0 Å². The predicted octanol–water partition coefficient (Wildman–Crippen LogP) is 4.98. The average Bonchev–Trinajstić information content (AvgIpc) is 3.11. The molecule has 4 rings (SSSR count). The highest BCUT2D eigenvalue weighted by Crippen LogP contribution is 2.27. The summed E-state index contributed by atoms with van der Waals surface area (Å²) in [6, 6.07) is 12.9. The molecule has 4 aromatic rings. The van der Waals surface area contributed by atoms with E-state index in [0.717, 1.165) is 40.8 Å². The lowest BCUT2D eigenvalue weighted by molar-refractivity contribution is -0.141. The molecular formula is C21H15F3N4O. The van der Waals surface area contributed by atoms with Crippen molar-refractivity contribution in [1.82, 2.24) is 14.4 Å². The van der Waals surface area contributed by atoms with Crippen LogP contribution in [0.5, 0.6) is 0 Å². The fraction of sp³-hybridized carbons (Fsp3) is 0.0952. The topological polar surface area (TPSA) is 59.3 Å². The molecule has 0 saturated carbocycles. The number of carbonyl (C=O) groups excluding carboxylic acids is 1. The number of alkyl halides is 3. The molecule has 0 saturated heterocycles. The first-order chi connectivity index (χ1) is 13.8. The van der Waals surface area contributed by atoms with Gasteiger partial charge in [-0.1, -0.05) is 12.1 Å². The van der Waals surface area contributed by atoms with Crippen molar-refractivity contribution in [1.29, 1.82) is 0 Å². The molecule has 0 spiro atoms. The summed E-state index contributed by atoms with van der Waals surface area (Å²) in [5, 5.41) is 2.64. The molecule has 0 aliphatic carbocycles. The van der Waals surface area contributed by atoms with Crippen molar-refractivity contribution in [3.63, 3.8) is 0 Å². The number of aromatic nitrogens is 3. The molecule has 5 nitrogen and oxygen atoms in total. The van der Waals surface area contributed by atoms with Crippen molar-refractivity contribution in [3.05, 3.63) is 83.9 Å². The van der Waals surface area contributed by atoms with E-state index in [-0.39, 0.29) is 5.56 Å². The molecule has 0 unspecified atom stereocenters. The first-order valence-electron chi connectivity index (χ1n) is 8.70. The molecule has 3 aromatic heterocycles. The highest BCUT2D eigenvalue weighted by atomic mass is 19.4. The van der Waals surface area contributed by atoms with Crippen LogP contribution in [0, 0.1) is 6.92 Å². The van der Waals surface area contributed by atoms with Gasteiger partial charge >= 0.3 is 6.18 Å². The van der Waals surface area contributed by atoms with E-state index in [4.69, 9.17) is 0 Å². The summed E-state index contributed by atoms with van der Waals surface area (Å²) in [6.07, 6.45) is 0.219. The summed E-state index contributed by atoms with van der Waals surface area (Å²) in [5.74, 6) is -0.540. The van der Waals surface area contributed by atoms with Gasteiger partial charge in [0.05, 0.1) is 11.3 Å². The summed E-state index contributed by atoms with van der Waals surface area (Å²) in [4.78, 5) is 20.1. The fourth-order valence-corrected chi connectivity index (χ4v) is 2.85. The number of hydrogen-bond acceptors (Lipinski definition) is 3. The Morgan fingerprint density at radius 2 is 1.83 bits per heavy atom. The molecule has 0 radical (unpaired) electrons. The van der Waals surface area contributed by atoms with E-state index < -0.39 is 17.8 Å². The van der Waals surface area contributed by atoms with Crippen LogP contribution in [-0.4, -0.2) is 20.3 Å². The van der Waals surface area contributed by atoms with Gasteiger partial charge in [-0.05, 0) is 48.9 Å². The van der Waals surface area contributed by atoms with Crippen LogP contribution in [0.15, 0.2) is 67.1 Å². The van der Waals surface area contributed by atoms with Crippen LogP contribution < -0.4 is 5.32 Å². The number of imidazole rings is 1. The summed E-state index contributed by atoms with van der Waals surface area (Å²) >= 11 is 0. The number of aryl methyl sites for hydroxylation is 1. The van der Waals surface area contributed by atoms with Crippen LogP contribution in [0.3, 0.4) is 0 Å². The Morgan fingerprint density at radius 1 is 1.07 bits per heavy atom. The minimum absolute atomic E-state index is 0.0396. The van der Waals surface area contributed by atoms with Gasteiger partial charge in [-0.3, -0.25) is 9.78 Å². The van der Waals surface area contributed by atoms with Gasteiger partial charge in [-0.2, -0.15) is 13.2 Å². The number of rotatable bonds is 3. The molecule has 0 fully saturated rings. The Hall–Kier alpha value is -3.68. The predicted molar refractivity (Wildman–Crippen MR) is 103 cm³/mol. The largest absolute Gasteiger partial charge is 0.433 e. The molecule has 0 aliphatic heterocycles. The van der Waals surface area contributed by atoms with Crippen molar-refractivity contribution < 1.29 is 18.0 Å². The van der Waals surface area contributed by atoms with Gasteiger partial charge < -0.3 is 9.72 Å². The minimum atomic E-state index is -4.54. The van der Waals surface area contributed by atoms with E-state index in [9.17, 15) is 18.0 Å². The smallest absolute Gasteiger partial charge is 0.322 e. The quantitative estimate of drug-likeness (QED) is 0.532. The summed E-state index contributed by atoms with van der Waals surface area (Å²) in [7, 11) is 0. The maximum atomic E-state index is 12.6. The lowest BCUT2D eigenvalue weighted by Gasteiger charge is -2.08. The number of anilines is 1. The SMILES string of the molecule is Cc1ccn2cc(-c3ccc(NC(=O)c4ccc(C(F)(F)F)nc4)cc3)nc2c1. The molecule has 29 heavy (non-hydrogen) atoms. The molecule has 0 bridgehead atoms. The van der Waals surface area contributed by atoms with E-state index in [2.05, 4.69) is 15.3 Å². The second-order valence-corrected chi connectivity index (χ2v) is 6.56. The zero-order valence-corrected chi connectivity index (χ0v) is 15.2. The van der Waals surface area contributed by atoms with Crippen LogP contribution in [-0.2, 0) is 6.18 Å². The van der Waals surface area contributed by atoms with Crippen LogP contribution in [0.2, 0.25) is 0 Å². The van der Waals surface area contributed by atoms with E-state index in [1.807, 2.05) is 48.0 Å². The van der Waals surface area contributed by atoms with Gasteiger partial charge in [0.1, 0.15) is 11.3 Å². The second kappa shape index (κ2) is 7.05. The molecule has 0 aliphatic rings. The summed E-state index contributed by atoms with van der Waals surface area (Å²) < 4.78 is 39.6. The number of halogens is 3. The van der Waals surface area contributed by atoms with E-state index >= 15 is 0 Å². The standard InChI is InChI=1S/C21H15F3N4O/c1-13-8-9-28-12-17(27-19(28)10-13)14-2-5-16(6-3-14)26-20(29)15-4-7-18(25-11-15)21(22,23)24/h2-12H,1H3,(H,26,29). The van der Waals surface area contributed by atoms with Crippen LogP contribution in [0.4, 0.5) is 18.9 Å². The van der Waals surface area contributed by atoms with Crippen LogP contribution in [0.1, 0.15) is 21.6 Å². The lowest BCUT2D eigenvalue weighted by atomic mass is 10.1. The molecule has 8 heteroatoms. The van der Waals surface area contributed by atoms with E-state index in [1.165, 1.54) is 0 Å². The van der Waals surface area contributed by atoms with Gasteiger partial charge in [0.2, 0.25) is 0 Å². The van der Waals surface area contributed by atoms with Crippen LogP contribution in [0.25, 0.3) is 16.9 Å². The zero-order valence-electron chi connectivity index (χ0n) is 15.2. The second-order valence-electron chi connectivity index (χ2n) is 6.56. The Labute approximate surface area is 163 Å². The average molecular weight is 396 g/mol. The Bertz CT molecular complexity index is 1180. The van der Waals surface area contributed by atoms with E-state index in [0.29, 0.717) is 5.69 Å². The third kappa shape index (κ3) is 3.96. The molecule has 3 heterocycles. The highest BCUT2D eigenvalue weighted by molar-refractivity contribution is 6.04. The molecule has 0 atom stereocenters. The zero-order chi connectivity index (χ0) is 20.6. The van der Waals surface area contributed by atoms with Gasteiger partial charge in [0.25, 0.3) is 5.91 Å². The maximum Gasteiger partial charge on any atom is 0.433 e. The monoisotopic (exact) mass is 396 g/mol. The molecule has 1 amide bonds. The fourth-order valence-electron chi connectivity index (χ4n) is 2.85. The molecule has 1 N–H and O–H groups in total. The Kier molecular flexibility index (Phi) is 4.54. The van der Waals surface area contributed by atoms with Crippen molar-refractivity contribution in [2.45, 2.75) is 13.1 Å². The summed E-state index contributed by atoms with van der Waals surface area (Å²) in [5.41, 5.74) is 3.13. The Morgan fingerprint density at radius 3 is 2.48 bits per heavy atom. The van der Waals surface area contributed by atoms with Crippen molar-refractivity contribution in [3.8, 4) is 11.3 Å². The number of carbonyl (C=O) groups is 1. The lowest BCUT2D eigenvalue weighted by Crippen LogP contribution is -2.14. The van der Waals surface area contributed by atoms with Crippen molar-refractivity contribution >= 4 is 17.2 Å². The first kappa shape index (κ1) is 18.7. The van der Waals surface area contributed by atoms with Gasteiger partial charge in [0, 0.05) is 29.8 Å². The number of amides is 1. The molecular weight excluding hydrogens is 381 g/mol. The summed E-state index contributed by atoms with van der Waals surface area (Å²) in [6.45, 7) is 2.00. The highest BCUT2D eigenvalue weighted by Gasteiger charge is 2.32.